The summed E-state index contributed by atoms with van der Waals surface area (Å²) in [6.07, 6.45) is 5.03. The van der Waals surface area contributed by atoms with Gasteiger partial charge in [0.15, 0.2) is 0 Å². The molecule has 2 aliphatic rings. The Balaban J connectivity index is 1.69. The Morgan fingerprint density at radius 3 is 2.76 bits per heavy atom. The largest absolute Gasteiger partial charge is 0.368 e. The Morgan fingerprint density at radius 2 is 2.14 bits per heavy atom. The van der Waals surface area contributed by atoms with Gasteiger partial charge in [0.25, 0.3) is 0 Å². The van der Waals surface area contributed by atoms with E-state index in [4.69, 9.17) is 5.73 Å². The lowest BCUT2D eigenvalue weighted by Crippen LogP contribution is -2.54. The molecule has 0 radical (unpaired) electrons. The zero-order valence-corrected chi connectivity index (χ0v) is 13.5. The summed E-state index contributed by atoms with van der Waals surface area (Å²) >= 11 is 1.79. The first-order valence-corrected chi connectivity index (χ1v) is 8.54. The molecule has 0 bridgehead atoms. The van der Waals surface area contributed by atoms with Gasteiger partial charge in [-0.15, -0.1) is 11.8 Å². The van der Waals surface area contributed by atoms with Crippen LogP contribution in [0.4, 0.5) is 0 Å². The maximum absolute atomic E-state index is 11.9. The van der Waals surface area contributed by atoms with E-state index in [1.807, 2.05) is 6.92 Å². The molecule has 4 nitrogen and oxygen atoms in total. The van der Waals surface area contributed by atoms with Crippen LogP contribution in [0.3, 0.4) is 0 Å². The Labute approximate surface area is 130 Å². The molecular formula is C16H23N3OS. The average molecular weight is 305 g/mol. The second kappa shape index (κ2) is 5.61. The van der Waals surface area contributed by atoms with Crippen LogP contribution in [-0.4, -0.2) is 27.7 Å². The number of thioether (sulfide) groups is 1. The van der Waals surface area contributed by atoms with Crippen molar-refractivity contribution in [3.63, 3.8) is 0 Å². The summed E-state index contributed by atoms with van der Waals surface area (Å²) in [5.41, 5.74) is 7.48. The number of aromatic nitrogens is 1. The highest BCUT2D eigenvalue weighted by atomic mass is 32.2. The van der Waals surface area contributed by atoms with Crippen LogP contribution in [0, 0.1) is 13.8 Å². The summed E-state index contributed by atoms with van der Waals surface area (Å²) in [5.74, 6) is -0.189. The van der Waals surface area contributed by atoms with Gasteiger partial charge in [-0.05, 0) is 63.6 Å². The van der Waals surface area contributed by atoms with Crippen molar-refractivity contribution < 1.29 is 4.79 Å². The van der Waals surface area contributed by atoms with Gasteiger partial charge in [-0.25, -0.2) is 4.98 Å². The molecule has 2 atom stereocenters. The first-order chi connectivity index (χ1) is 9.97. The number of aryl methyl sites for hydroxylation is 2. The van der Waals surface area contributed by atoms with Crippen molar-refractivity contribution in [1.82, 2.24) is 10.3 Å². The third kappa shape index (κ3) is 3.40. The molecule has 1 amide bonds. The lowest BCUT2D eigenvalue weighted by atomic mass is 9.96. The van der Waals surface area contributed by atoms with Crippen molar-refractivity contribution >= 4 is 17.7 Å². The fourth-order valence-corrected chi connectivity index (χ4v) is 4.58. The third-order valence-electron chi connectivity index (χ3n) is 4.36. The van der Waals surface area contributed by atoms with E-state index in [-0.39, 0.29) is 5.91 Å². The molecule has 0 aliphatic heterocycles. The molecule has 21 heavy (non-hydrogen) atoms. The van der Waals surface area contributed by atoms with Crippen LogP contribution in [0.25, 0.3) is 0 Å². The monoisotopic (exact) mass is 305 g/mol. The molecule has 3 rings (SSSR count). The molecule has 3 N–H and O–H groups in total. The molecule has 2 aliphatic carbocycles. The number of carbonyl (C=O) groups is 1. The normalized spacial score (nSPS) is 28.8. The SMILES string of the molecule is Cc1cc(C)nc(SC2CCC(NC3CC3)(C(N)=O)C2)c1. The highest BCUT2D eigenvalue weighted by molar-refractivity contribution is 7.99. The number of hydrogen-bond acceptors (Lipinski definition) is 4. The molecule has 114 valence electrons. The highest BCUT2D eigenvalue weighted by Crippen LogP contribution is 2.41. The lowest BCUT2D eigenvalue weighted by Gasteiger charge is -2.27. The maximum Gasteiger partial charge on any atom is 0.237 e. The zero-order chi connectivity index (χ0) is 15.0. The van der Waals surface area contributed by atoms with Gasteiger partial charge < -0.3 is 11.1 Å². The van der Waals surface area contributed by atoms with Gasteiger partial charge in [-0.1, -0.05) is 0 Å². The van der Waals surface area contributed by atoms with Crippen LogP contribution in [0.5, 0.6) is 0 Å². The summed E-state index contributed by atoms with van der Waals surface area (Å²) in [6.45, 7) is 4.11. The predicted molar refractivity (Wildman–Crippen MR) is 85.3 cm³/mol. The van der Waals surface area contributed by atoms with Gasteiger partial charge in [-0.2, -0.15) is 0 Å². The maximum atomic E-state index is 11.9. The Hall–Kier alpha value is -1.07. The van der Waals surface area contributed by atoms with Gasteiger partial charge >= 0.3 is 0 Å². The number of nitrogens with two attached hydrogens (primary N) is 1. The quantitative estimate of drug-likeness (QED) is 0.876. The summed E-state index contributed by atoms with van der Waals surface area (Å²) in [5, 5.41) is 4.97. The molecule has 5 heteroatoms. The molecule has 1 aromatic rings. The first kappa shape index (κ1) is 14.9. The van der Waals surface area contributed by atoms with Gasteiger partial charge in [0.1, 0.15) is 0 Å². The number of primary amides is 1. The smallest absolute Gasteiger partial charge is 0.237 e. The summed E-state index contributed by atoms with van der Waals surface area (Å²) in [4.78, 5) is 16.5. The predicted octanol–water partition coefficient (Wildman–Crippen LogP) is 2.32. The molecule has 1 aromatic heterocycles. The van der Waals surface area contributed by atoms with Gasteiger partial charge in [-0.3, -0.25) is 4.79 Å². The van der Waals surface area contributed by atoms with Crippen LogP contribution in [0.1, 0.15) is 43.4 Å². The molecule has 2 fully saturated rings. The van der Waals surface area contributed by atoms with E-state index in [2.05, 4.69) is 29.4 Å². The molecule has 0 aromatic carbocycles. The Bertz CT molecular complexity index is 538. The van der Waals surface area contributed by atoms with E-state index < -0.39 is 5.54 Å². The van der Waals surface area contributed by atoms with E-state index >= 15 is 0 Å². The highest BCUT2D eigenvalue weighted by Gasteiger charge is 2.47. The Kier molecular flexibility index (Phi) is 3.97. The second-order valence-electron chi connectivity index (χ2n) is 6.47. The average Bonchev–Trinajstić information content (AvgIpc) is 3.08. The van der Waals surface area contributed by atoms with E-state index in [1.165, 1.54) is 18.4 Å². The first-order valence-electron chi connectivity index (χ1n) is 7.66. The fourth-order valence-electron chi connectivity index (χ4n) is 3.18. The minimum atomic E-state index is -0.488. The summed E-state index contributed by atoms with van der Waals surface area (Å²) < 4.78 is 0. The van der Waals surface area contributed by atoms with Crippen molar-refractivity contribution in [2.45, 2.75) is 67.8 Å². The van der Waals surface area contributed by atoms with E-state index in [1.54, 1.807) is 11.8 Å². The van der Waals surface area contributed by atoms with Crippen molar-refractivity contribution in [2.75, 3.05) is 0 Å². The number of nitrogens with one attached hydrogen (secondary N) is 1. The number of pyridine rings is 1. The fraction of sp³-hybridized carbons (Fsp3) is 0.625. The van der Waals surface area contributed by atoms with Crippen molar-refractivity contribution in [3.05, 3.63) is 23.4 Å². The number of nitrogens with zero attached hydrogens (tertiary/aromatic N) is 1. The van der Waals surface area contributed by atoms with Crippen LogP contribution >= 0.6 is 11.8 Å². The molecule has 1 heterocycles. The summed E-state index contributed by atoms with van der Waals surface area (Å²) in [6, 6.07) is 4.71. The van der Waals surface area contributed by atoms with Gasteiger partial charge in [0.05, 0.1) is 10.6 Å². The molecule has 2 unspecified atom stereocenters. The minimum Gasteiger partial charge on any atom is -0.368 e. The number of hydrogen-bond donors (Lipinski definition) is 2. The van der Waals surface area contributed by atoms with Crippen molar-refractivity contribution in [2.24, 2.45) is 5.73 Å². The van der Waals surface area contributed by atoms with Crippen molar-refractivity contribution in [3.8, 4) is 0 Å². The van der Waals surface area contributed by atoms with Crippen molar-refractivity contribution in [1.29, 1.82) is 0 Å². The van der Waals surface area contributed by atoms with Gasteiger partial charge in [0.2, 0.25) is 5.91 Å². The number of rotatable bonds is 5. The topological polar surface area (TPSA) is 68.0 Å². The minimum absolute atomic E-state index is 0.189. The third-order valence-corrected chi connectivity index (χ3v) is 5.55. The molecular weight excluding hydrogens is 282 g/mol. The molecule has 0 spiro atoms. The van der Waals surface area contributed by atoms with Gasteiger partial charge in [0, 0.05) is 17.0 Å². The van der Waals surface area contributed by atoms with E-state index in [0.717, 1.165) is 30.0 Å². The van der Waals surface area contributed by atoms with Crippen LogP contribution in [0.15, 0.2) is 17.2 Å². The molecule has 2 saturated carbocycles. The Morgan fingerprint density at radius 1 is 1.38 bits per heavy atom. The lowest BCUT2D eigenvalue weighted by molar-refractivity contribution is -0.124. The molecule has 0 saturated heterocycles. The van der Waals surface area contributed by atoms with E-state index in [0.29, 0.717) is 11.3 Å². The van der Waals surface area contributed by atoms with E-state index in [9.17, 15) is 4.79 Å². The van der Waals surface area contributed by atoms with Crippen LogP contribution < -0.4 is 11.1 Å². The second-order valence-corrected chi connectivity index (χ2v) is 7.79. The number of amides is 1. The number of carbonyl (C=O) groups excluding carboxylic acids is 1. The standard InChI is InChI=1S/C16H23N3OS/c1-10-7-11(2)18-14(8-10)21-13-5-6-16(9-13,15(17)20)19-12-3-4-12/h7-8,12-13,19H,3-6,9H2,1-2H3,(H2,17,20). The van der Waals surface area contributed by atoms with Crippen LogP contribution in [0.2, 0.25) is 0 Å². The summed E-state index contributed by atoms with van der Waals surface area (Å²) in [7, 11) is 0. The zero-order valence-electron chi connectivity index (χ0n) is 12.7. The van der Waals surface area contributed by atoms with Crippen LogP contribution in [-0.2, 0) is 4.79 Å².